The number of nitrogens with one attached hydrogen (secondary N) is 1. The molecule has 0 radical (unpaired) electrons. The van der Waals surface area contributed by atoms with E-state index in [9.17, 15) is 13.2 Å². The number of hydrogen-bond donors (Lipinski definition) is 2. The third kappa shape index (κ3) is 6.11. The molecule has 1 atom stereocenters. The quantitative estimate of drug-likeness (QED) is 0.268. The number of nitrogens with two attached hydrogens (primary N) is 1. The summed E-state index contributed by atoms with van der Waals surface area (Å²) in [7, 11) is -3.31. The van der Waals surface area contributed by atoms with Crippen molar-refractivity contribution in [3.05, 3.63) is 76.4 Å². The van der Waals surface area contributed by atoms with E-state index < -0.39 is 10.0 Å². The van der Waals surface area contributed by atoms with E-state index in [1.807, 2.05) is 42.0 Å². The summed E-state index contributed by atoms with van der Waals surface area (Å²) in [5.41, 5.74) is 10.7. The average Bonchev–Trinajstić information content (AvgIpc) is 3.74. The molecule has 1 amide bonds. The van der Waals surface area contributed by atoms with Crippen LogP contribution in [0.15, 0.2) is 60.2 Å². The van der Waals surface area contributed by atoms with Gasteiger partial charge in [-0.1, -0.05) is 30.3 Å². The molecule has 2 aliphatic rings. The Hall–Kier alpha value is -3.05. The lowest BCUT2D eigenvalue weighted by Gasteiger charge is -2.31. The second-order valence-corrected chi connectivity index (χ2v) is 14.2. The van der Waals surface area contributed by atoms with Crippen molar-refractivity contribution < 1.29 is 13.2 Å². The highest BCUT2D eigenvalue weighted by molar-refractivity contribution is 7.89. The number of likely N-dealkylation sites (tertiary alicyclic amines) is 1. The molecule has 0 spiro atoms. The summed E-state index contributed by atoms with van der Waals surface area (Å²) in [5, 5.41) is 4.24. The first-order valence-corrected chi connectivity index (χ1v) is 17.0. The van der Waals surface area contributed by atoms with Crippen LogP contribution < -0.4 is 5.73 Å². The number of benzene rings is 2. The molecule has 0 saturated carbocycles. The van der Waals surface area contributed by atoms with E-state index in [4.69, 9.17) is 5.73 Å². The number of carbonyl (C=O) groups is 1. The summed E-state index contributed by atoms with van der Waals surface area (Å²) in [6.45, 7) is 2.84. The molecule has 2 saturated heterocycles. The van der Waals surface area contributed by atoms with E-state index >= 15 is 0 Å². The zero-order valence-corrected chi connectivity index (χ0v) is 24.8. The predicted octanol–water partition coefficient (Wildman–Crippen LogP) is 5.06. The van der Waals surface area contributed by atoms with Crippen LogP contribution in [-0.2, 0) is 21.2 Å². The highest BCUT2D eigenvalue weighted by Crippen LogP contribution is 2.38. The van der Waals surface area contributed by atoms with Gasteiger partial charge in [0, 0.05) is 41.8 Å². The Kier molecular flexibility index (Phi) is 8.26. The normalized spacial score (nSPS) is 19.3. The highest BCUT2D eigenvalue weighted by atomic mass is 32.2. The third-order valence-corrected chi connectivity index (χ3v) is 11.4. The van der Waals surface area contributed by atoms with E-state index in [2.05, 4.69) is 33.1 Å². The van der Waals surface area contributed by atoms with Gasteiger partial charge in [-0.3, -0.25) is 9.69 Å². The van der Waals surface area contributed by atoms with Crippen LogP contribution in [0.2, 0.25) is 0 Å². The summed E-state index contributed by atoms with van der Waals surface area (Å²) < 4.78 is 28.2. The minimum Gasteiger partial charge on any atom is -0.369 e. The molecule has 2 aromatic carbocycles. The number of aromatic nitrogens is 2. The van der Waals surface area contributed by atoms with Crippen LogP contribution in [0.25, 0.3) is 22.0 Å². The topological polar surface area (TPSA) is 112 Å². The first-order chi connectivity index (χ1) is 19.9. The van der Waals surface area contributed by atoms with Crippen molar-refractivity contribution in [3.8, 4) is 11.1 Å². The number of aromatic amines is 1. The molecule has 6 rings (SSSR count). The standard InChI is InChI=1S/C31H37N5O3S2/c32-29(37)20-25-18-24(22-6-2-1-3-7-22)19-26-27(21-34-30(25)26)23-9-14-36(15-10-23)41(38,39)17-5-13-35-12-4-8-28(35)31-33-11-16-40-31/h1-3,6-7,11,16,18-19,21,23,28,34H,4-5,8-10,12-15,17,20H2,(H2,32,37). The Labute approximate surface area is 245 Å². The number of amides is 1. The molecule has 2 aliphatic heterocycles. The molecule has 4 heterocycles. The van der Waals surface area contributed by atoms with Crippen molar-refractivity contribution in [2.24, 2.45) is 5.73 Å². The minimum atomic E-state index is -3.31. The van der Waals surface area contributed by atoms with Gasteiger partial charge in [-0.2, -0.15) is 0 Å². The minimum absolute atomic E-state index is 0.163. The van der Waals surface area contributed by atoms with Crippen molar-refractivity contribution in [2.45, 2.75) is 50.5 Å². The van der Waals surface area contributed by atoms with Gasteiger partial charge in [0.15, 0.2) is 0 Å². The zero-order chi connectivity index (χ0) is 28.4. The van der Waals surface area contributed by atoms with Gasteiger partial charge < -0.3 is 10.7 Å². The molecule has 8 nitrogen and oxygen atoms in total. The van der Waals surface area contributed by atoms with Crippen molar-refractivity contribution in [1.82, 2.24) is 19.2 Å². The number of H-pyrrole nitrogens is 1. The van der Waals surface area contributed by atoms with Crippen molar-refractivity contribution >= 4 is 38.2 Å². The van der Waals surface area contributed by atoms with Crippen LogP contribution in [-0.4, -0.2) is 65.4 Å². The van der Waals surface area contributed by atoms with Gasteiger partial charge in [0.2, 0.25) is 15.9 Å². The van der Waals surface area contributed by atoms with Crippen LogP contribution in [0.5, 0.6) is 0 Å². The molecule has 0 aliphatic carbocycles. The summed E-state index contributed by atoms with van der Waals surface area (Å²) in [6, 6.07) is 14.7. The Morgan fingerprint density at radius 2 is 1.88 bits per heavy atom. The first-order valence-electron chi connectivity index (χ1n) is 14.5. The number of hydrogen-bond acceptors (Lipinski definition) is 6. The second-order valence-electron chi connectivity index (χ2n) is 11.2. The molecule has 3 N–H and O–H groups in total. The van der Waals surface area contributed by atoms with Crippen molar-refractivity contribution in [1.29, 1.82) is 0 Å². The van der Waals surface area contributed by atoms with E-state index in [0.29, 0.717) is 25.6 Å². The Morgan fingerprint density at radius 1 is 1.07 bits per heavy atom. The van der Waals surface area contributed by atoms with Crippen LogP contribution >= 0.6 is 11.3 Å². The fourth-order valence-electron chi connectivity index (χ4n) is 6.59. The second kappa shape index (κ2) is 12.1. The predicted molar refractivity (Wildman–Crippen MR) is 164 cm³/mol. The molecule has 41 heavy (non-hydrogen) atoms. The Balaban J connectivity index is 1.12. The summed E-state index contributed by atoms with van der Waals surface area (Å²) in [4.78, 5) is 22.1. The van der Waals surface area contributed by atoms with Crippen LogP contribution in [0.3, 0.4) is 0 Å². The SMILES string of the molecule is NC(=O)Cc1cc(-c2ccccc2)cc2c(C3CCN(S(=O)(=O)CCCN4CCCC4c4nccs4)CC3)c[nH]c12. The van der Waals surface area contributed by atoms with Gasteiger partial charge in [0.05, 0.1) is 18.2 Å². The van der Waals surface area contributed by atoms with Gasteiger partial charge >= 0.3 is 0 Å². The number of primary amides is 1. The molecule has 2 fully saturated rings. The molecule has 4 aromatic rings. The zero-order valence-electron chi connectivity index (χ0n) is 23.2. The van der Waals surface area contributed by atoms with Crippen molar-refractivity contribution in [3.63, 3.8) is 0 Å². The lowest BCUT2D eigenvalue weighted by Crippen LogP contribution is -2.39. The maximum atomic E-state index is 13.3. The number of sulfonamides is 1. The molecular formula is C31H37N5O3S2. The number of thiazole rings is 1. The van der Waals surface area contributed by atoms with Gasteiger partial charge in [-0.25, -0.2) is 17.7 Å². The van der Waals surface area contributed by atoms with Gasteiger partial charge in [-0.05, 0) is 85.5 Å². The maximum Gasteiger partial charge on any atom is 0.221 e. The molecular weight excluding hydrogens is 555 g/mol. The lowest BCUT2D eigenvalue weighted by atomic mass is 9.88. The Bertz CT molecular complexity index is 1590. The molecule has 1 unspecified atom stereocenters. The number of nitrogens with zero attached hydrogens (tertiary/aromatic N) is 3. The largest absolute Gasteiger partial charge is 0.369 e. The van der Waals surface area contributed by atoms with E-state index in [-0.39, 0.29) is 24.0 Å². The lowest BCUT2D eigenvalue weighted by molar-refractivity contribution is -0.117. The molecule has 216 valence electrons. The monoisotopic (exact) mass is 591 g/mol. The average molecular weight is 592 g/mol. The number of fused-ring (bicyclic) bond motifs is 1. The van der Waals surface area contributed by atoms with Gasteiger partial charge in [0.25, 0.3) is 0 Å². The van der Waals surface area contributed by atoms with E-state index in [1.54, 1.807) is 15.6 Å². The summed E-state index contributed by atoms with van der Waals surface area (Å²) in [6.07, 6.45) is 8.45. The third-order valence-electron chi connectivity index (χ3n) is 8.61. The maximum absolute atomic E-state index is 13.3. The van der Waals surface area contributed by atoms with Gasteiger partial charge in [-0.15, -0.1) is 11.3 Å². The van der Waals surface area contributed by atoms with E-state index in [1.165, 1.54) is 5.56 Å². The first kappa shape index (κ1) is 28.1. The number of rotatable bonds is 10. The molecule has 0 bridgehead atoms. The number of piperidine rings is 1. The summed E-state index contributed by atoms with van der Waals surface area (Å²) in [5.74, 6) is 0.0591. The summed E-state index contributed by atoms with van der Waals surface area (Å²) >= 11 is 1.69. The highest BCUT2D eigenvalue weighted by Gasteiger charge is 2.31. The smallest absolute Gasteiger partial charge is 0.221 e. The molecule has 2 aromatic heterocycles. The Morgan fingerprint density at radius 3 is 2.61 bits per heavy atom. The molecule has 10 heteroatoms. The van der Waals surface area contributed by atoms with Crippen molar-refractivity contribution in [2.75, 3.05) is 31.9 Å². The number of carbonyl (C=O) groups excluding carboxylic acids is 1. The van der Waals surface area contributed by atoms with Crippen LogP contribution in [0.4, 0.5) is 0 Å². The fraction of sp³-hybridized carbons (Fsp3) is 0.419. The van der Waals surface area contributed by atoms with Gasteiger partial charge in [0.1, 0.15) is 5.01 Å². The van der Waals surface area contributed by atoms with Crippen LogP contribution in [0.1, 0.15) is 60.2 Å². The van der Waals surface area contributed by atoms with E-state index in [0.717, 1.165) is 71.4 Å². The fourth-order valence-corrected chi connectivity index (χ4v) is 8.91. The van der Waals surface area contributed by atoms with Crippen LogP contribution in [0, 0.1) is 0 Å².